The first-order valence-electron chi connectivity index (χ1n) is 5.39. The van der Waals surface area contributed by atoms with Crippen LogP contribution < -0.4 is 4.90 Å². The first-order chi connectivity index (χ1) is 7.04. The van der Waals surface area contributed by atoms with Crippen molar-refractivity contribution < 1.29 is 5.11 Å². The summed E-state index contributed by atoms with van der Waals surface area (Å²) in [7, 11) is 2.05. The number of hydrogen-bond acceptors (Lipinski definition) is 4. The number of thiazole rings is 1. The molecule has 86 valence electrons. The van der Waals surface area contributed by atoms with E-state index in [1.807, 2.05) is 5.38 Å². The fourth-order valence-corrected chi connectivity index (χ4v) is 2.21. The predicted molar refractivity (Wildman–Crippen MR) is 65.5 cm³/mol. The summed E-state index contributed by atoms with van der Waals surface area (Å²) in [5.41, 5.74) is 0.769. The summed E-state index contributed by atoms with van der Waals surface area (Å²) < 4.78 is 0. The van der Waals surface area contributed by atoms with Crippen LogP contribution in [0.25, 0.3) is 0 Å². The van der Waals surface area contributed by atoms with Crippen molar-refractivity contribution >= 4 is 16.5 Å². The largest absolute Gasteiger partial charge is 0.387 e. The third-order valence-electron chi connectivity index (χ3n) is 2.55. The molecule has 1 N–H and O–H groups in total. The summed E-state index contributed by atoms with van der Waals surface area (Å²) >= 11 is 1.59. The lowest BCUT2D eigenvalue weighted by Gasteiger charge is -2.19. The van der Waals surface area contributed by atoms with E-state index < -0.39 is 6.10 Å². The molecule has 0 fully saturated rings. The fourth-order valence-electron chi connectivity index (χ4n) is 1.32. The van der Waals surface area contributed by atoms with Gasteiger partial charge in [-0.2, -0.15) is 0 Å². The van der Waals surface area contributed by atoms with Gasteiger partial charge in [0.1, 0.15) is 0 Å². The average molecular weight is 228 g/mol. The predicted octanol–water partition coefficient (Wildman–Crippen LogP) is 2.68. The minimum atomic E-state index is -0.466. The Balaban J connectivity index is 2.61. The molecule has 0 amide bonds. The van der Waals surface area contributed by atoms with E-state index in [1.165, 1.54) is 6.42 Å². The highest BCUT2D eigenvalue weighted by Gasteiger charge is 2.11. The van der Waals surface area contributed by atoms with Crippen molar-refractivity contribution in [3.8, 4) is 0 Å². The highest BCUT2D eigenvalue weighted by molar-refractivity contribution is 7.13. The molecule has 1 aromatic rings. The summed E-state index contributed by atoms with van der Waals surface area (Å²) in [6.45, 7) is 7.19. The highest BCUT2D eigenvalue weighted by atomic mass is 32.1. The fraction of sp³-hybridized carbons (Fsp3) is 0.727. The molecule has 1 heterocycles. The molecule has 1 aromatic heterocycles. The van der Waals surface area contributed by atoms with E-state index in [0.717, 1.165) is 17.4 Å². The van der Waals surface area contributed by atoms with Crippen molar-refractivity contribution in [2.75, 3.05) is 18.5 Å². The lowest BCUT2D eigenvalue weighted by molar-refractivity contribution is 0.195. The Hall–Kier alpha value is -0.610. The van der Waals surface area contributed by atoms with Crippen LogP contribution in [0.4, 0.5) is 5.13 Å². The first kappa shape index (κ1) is 12.5. The Morgan fingerprint density at radius 2 is 2.20 bits per heavy atom. The molecule has 1 rings (SSSR count). The number of aliphatic hydroxyl groups is 1. The normalized spacial score (nSPS) is 15.0. The van der Waals surface area contributed by atoms with E-state index in [1.54, 1.807) is 18.3 Å². The van der Waals surface area contributed by atoms with E-state index in [9.17, 15) is 5.11 Å². The maximum Gasteiger partial charge on any atom is 0.185 e. The van der Waals surface area contributed by atoms with Crippen LogP contribution in [0.1, 0.15) is 39.0 Å². The van der Waals surface area contributed by atoms with E-state index in [-0.39, 0.29) is 0 Å². The summed E-state index contributed by atoms with van der Waals surface area (Å²) in [4.78, 5) is 6.55. The van der Waals surface area contributed by atoms with Crippen LogP contribution in [0.5, 0.6) is 0 Å². The van der Waals surface area contributed by atoms with Crippen LogP contribution in [-0.4, -0.2) is 23.7 Å². The minimum Gasteiger partial charge on any atom is -0.387 e. The van der Waals surface area contributed by atoms with E-state index in [0.29, 0.717) is 5.92 Å². The zero-order chi connectivity index (χ0) is 11.4. The summed E-state index contributed by atoms with van der Waals surface area (Å²) in [5.74, 6) is 0.675. The molecule has 15 heavy (non-hydrogen) atoms. The number of aliphatic hydroxyl groups excluding tert-OH is 1. The molecular formula is C11H20N2OS. The topological polar surface area (TPSA) is 36.4 Å². The van der Waals surface area contributed by atoms with Crippen LogP contribution in [0, 0.1) is 5.92 Å². The van der Waals surface area contributed by atoms with E-state index >= 15 is 0 Å². The van der Waals surface area contributed by atoms with Crippen LogP contribution in [0.2, 0.25) is 0 Å². The van der Waals surface area contributed by atoms with Gasteiger partial charge in [0.25, 0.3) is 0 Å². The summed E-state index contributed by atoms with van der Waals surface area (Å²) in [6, 6.07) is 0. The Bertz CT molecular complexity index is 299. The smallest absolute Gasteiger partial charge is 0.185 e. The first-order valence-corrected chi connectivity index (χ1v) is 6.27. The third kappa shape index (κ3) is 3.47. The average Bonchev–Trinajstić information content (AvgIpc) is 2.66. The second-order valence-corrected chi connectivity index (χ2v) is 4.96. The van der Waals surface area contributed by atoms with Crippen molar-refractivity contribution in [1.29, 1.82) is 0 Å². The molecule has 0 aliphatic rings. The zero-order valence-electron chi connectivity index (χ0n) is 9.90. The van der Waals surface area contributed by atoms with Gasteiger partial charge in [0, 0.05) is 19.0 Å². The molecule has 0 aliphatic heterocycles. The Morgan fingerprint density at radius 1 is 1.53 bits per heavy atom. The van der Waals surface area contributed by atoms with Crippen molar-refractivity contribution in [2.45, 2.75) is 33.3 Å². The molecule has 0 aromatic carbocycles. The molecular weight excluding hydrogens is 208 g/mol. The molecule has 2 unspecified atom stereocenters. The molecule has 2 atom stereocenters. The van der Waals surface area contributed by atoms with Gasteiger partial charge in [-0.25, -0.2) is 4.98 Å². The van der Waals surface area contributed by atoms with Gasteiger partial charge in [0.2, 0.25) is 0 Å². The van der Waals surface area contributed by atoms with E-state index in [2.05, 4.69) is 30.8 Å². The minimum absolute atomic E-state index is 0.466. The number of anilines is 1. The Labute approximate surface area is 95.8 Å². The summed E-state index contributed by atoms with van der Waals surface area (Å²) in [5, 5.41) is 12.3. The zero-order valence-corrected chi connectivity index (χ0v) is 10.7. The highest BCUT2D eigenvalue weighted by Crippen LogP contribution is 2.23. The maximum absolute atomic E-state index is 9.37. The standard InChI is InChI=1S/C11H20N2OS/c1-5-8(2)6-13(4)11-12-10(7-15-11)9(3)14/h7-9,14H,5-6H2,1-4H3. The second kappa shape index (κ2) is 5.47. The Morgan fingerprint density at radius 3 is 2.67 bits per heavy atom. The SMILES string of the molecule is CCC(C)CN(C)c1nc(C(C)O)cs1. The van der Waals surface area contributed by atoms with Crippen LogP contribution >= 0.6 is 11.3 Å². The molecule has 0 saturated carbocycles. The van der Waals surface area contributed by atoms with Gasteiger partial charge in [-0.3, -0.25) is 0 Å². The molecule has 3 nitrogen and oxygen atoms in total. The second-order valence-electron chi connectivity index (χ2n) is 4.12. The van der Waals surface area contributed by atoms with Gasteiger partial charge in [-0.15, -0.1) is 11.3 Å². The van der Waals surface area contributed by atoms with Crippen LogP contribution in [-0.2, 0) is 0 Å². The van der Waals surface area contributed by atoms with Gasteiger partial charge in [0.15, 0.2) is 5.13 Å². The van der Waals surface area contributed by atoms with Crippen LogP contribution in [0.3, 0.4) is 0 Å². The van der Waals surface area contributed by atoms with Crippen molar-refractivity contribution in [3.05, 3.63) is 11.1 Å². The van der Waals surface area contributed by atoms with Gasteiger partial charge in [-0.05, 0) is 12.8 Å². The molecule has 0 saturated heterocycles. The number of hydrogen-bond donors (Lipinski definition) is 1. The molecule has 0 spiro atoms. The van der Waals surface area contributed by atoms with Crippen molar-refractivity contribution in [2.24, 2.45) is 5.92 Å². The third-order valence-corrected chi connectivity index (χ3v) is 3.52. The van der Waals surface area contributed by atoms with Gasteiger partial charge in [0.05, 0.1) is 11.8 Å². The van der Waals surface area contributed by atoms with E-state index in [4.69, 9.17) is 0 Å². The Kier molecular flexibility index (Phi) is 4.54. The lowest BCUT2D eigenvalue weighted by atomic mass is 10.1. The maximum atomic E-state index is 9.37. The lowest BCUT2D eigenvalue weighted by Crippen LogP contribution is -2.23. The molecule has 0 aliphatic carbocycles. The molecule has 0 bridgehead atoms. The van der Waals surface area contributed by atoms with Gasteiger partial charge >= 0.3 is 0 Å². The number of nitrogens with zero attached hydrogens (tertiary/aromatic N) is 2. The van der Waals surface area contributed by atoms with Crippen LogP contribution in [0.15, 0.2) is 5.38 Å². The molecule has 0 radical (unpaired) electrons. The van der Waals surface area contributed by atoms with Gasteiger partial charge in [-0.1, -0.05) is 20.3 Å². The molecule has 4 heteroatoms. The number of aromatic nitrogens is 1. The number of rotatable bonds is 5. The van der Waals surface area contributed by atoms with Crippen molar-refractivity contribution in [1.82, 2.24) is 4.98 Å². The van der Waals surface area contributed by atoms with Crippen molar-refractivity contribution in [3.63, 3.8) is 0 Å². The monoisotopic (exact) mass is 228 g/mol. The quantitative estimate of drug-likeness (QED) is 0.841. The van der Waals surface area contributed by atoms with Gasteiger partial charge < -0.3 is 10.0 Å². The summed E-state index contributed by atoms with van der Waals surface area (Å²) in [6.07, 6.45) is 0.714.